The summed E-state index contributed by atoms with van der Waals surface area (Å²) in [6.07, 6.45) is 1.50. The van der Waals surface area contributed by atoms with Gasteiger partial charge < -0.3 is 4.74 Å². The van der Waals surface area contributed by atoms with Crippen LogP contribution in [0.5, 0.6) is 5.75 Å². The van der Waals surface area contributed by atoms with Crippen molar-refractivity contribution in [1.29, 1.82) is 0 Å². The first-order chi connectivity index (χ1) is 12.3. The predicted molar refractivity (Wildman–Crippen MR) is 98.2 cm³/mol. The van der Waals surface area contributed by atoms with Crippen molar-refractivity contribution in [3.05, 3.63) is 66.0 Å². The van der Waals surface area contributed by atoms with Crippen LogP contribution in [0.3, 0.4) is 0 Å². The maximum atomic E-state index is 12.3. The Bertz CT molecular complexity index is 845. The number of rotatable bonds is 4. The zero-order valence-corrected chi connectivity index (χ0v) is 14.7. The lowest BCUT2D eigenvalue weighted by Gasteiger charge is -2.09. The summed E-state index contributed by atoms with van der Waals surface area (Å²) in [6.45, 7) is 0. The van der Waals surface area contributed by atoms with Gasteiger partial charge in [0.05, 0.1) is 15.8 Å². The van der Waals surface area contributed by atoms with E-state index in [-0.39, 0.29) is 5.97 Å². The first-order valence-corrected chi connectivity index (χ1v) is 9.78. The van der Waals surface area contributed by atoms with Gasteiger partial charge in [-0.15, -0.1) is 28.6 Å². The number of esters is 1. The van der Waals surface area contributed by atoms with E-state index in [4.69, 9.17) is 4.74 Å². The van der Waals surface area contributed by atoms with Crippen molar-refractivity contribution in [2.75, 3.05) is 11.5 Å². The van der Waals surface area contributed by atoms with Crippen LogP contribution in [-0.2, 0) is 0 Å². The number of hydrogen-bond acceptors (Lipinski definition) is 7. The van der Waals surface area contributed by atoms with Gasteiger partial charge in [-0.3, -0.25) is 0 Å². The molecule has 6 nitrogen and oxygen atoms in total. The summed E-state index contributed by atoms with van der Waals surface area (Å²) in [5.74, 6) is 2.53. The van der Waals surface area contributed by atoms with Crippen LogP contribution in [0.2, 0.25) is 0 Å². The molecule has 2 heterocycles. The van der Waals surface area contributed by atoms with Gasteiger partial charge in [-0.2, -0.15) is 0 Å². The minimum atomic E-state index is -0.388. The Labute approximate surface area is 153 Å². The number of nitrogens with zero attached hydrogens (tertiary/aromatic N) is 4. The van der Waals surface area contributed by atoms with Crippen molar-refractivity contribution in [1.82, 2.24) is 20.2 Å². The van der Waals surface area contributed by atoms with E-state index in [9.17, 15) is 4.79 Å². The lowest BCUT2D eigenvalue weighted by molar-refractivity contribution is 0.0735. The van der Waals surface area contributed by atoms with Gasteiger partial charge in [-0.1, -0.05) is 12.1 Å². The van der Waals surface area contributed by atoms with E-state index in [1.165, 1.54) is 28.1 Å². The molecule has 2 aromatic carbocycles. The molecule has 0 unspecified atom stereocenters. The van der Waals surface area contributed by atoms with Crippen LogP contribution in [0.25, 0.3) is 5.69 Å². The molecular weight excluding hydrogens is 356 g/mol. The number of hydrogen-bond donors (Lipinski definition) is 0. The number of tetrazole rings is 1. The van der Waals surface area contributed by atoms with Gasteiger partial charge in [0.15, 0.2) is 0 Å². The second kappa shape index (κ2) is 7.28. The van der Waals surface area contributed by atoms with E-state index in [0.29, 0.717) is 15.9 Å². The van der Waals surface area contributed by atoms with Crippen LogP contribution in [0.4, 0.5) is 0 Å². The SMILES string of the molecule is O=C(Oc1ccc(C2SCCS2)cc1)c1ccc(-n2cnnn2)cc1. The molecule has 1 saturated heterocycles. The van der Waals surface area contributed by atoms with Crippen molar-refractivity contribution in [3.8, 4) is 11.4 Å². The number of carbonyl (C=O) groups is 1. The number of carbonyl (C=O) groups excluding carboxylic acids is 1. The van der Waals surface area contributed by atoms with Gasteiger partial charge in [-0.05, 0) is 52.4 Å². The summed E-state index contributed by atoms with van der Waals surface area (Å²) in [5, 5.41) is 11.0. The van der Waals surface area contributed by atoms with Gasteiger partial charge >= 0.3 is 5.97 Å². The Morgan fingerprint density at radius 1 is 1.04 bits per heavy atom. The molecule has 4 rings (SSSR count). The van der Waals surface area contributed by atoms with Crippen LogP contribution in [-0.4, -0.2) is 37.7 Å². The highest BCUT2D eigenvalue weighted by molar-refractivity contribution is 8.19. The molecule has 0 radical (unpaired) electrons. The molecule has 1 fully saturated rings. The minimum Gasteiger partial charge on any atom is -0.423 e. The summed E-state index contributed by atoms with van der Waals surface area (Å²) >= 11 is 3.90. The average molecular weight is 370 g/mol. The summed E-state index contributed by atoms with van der Waals surface area (Å²) < 4.78 is 7.46. The Morgan fingerprint density at radius 2 is 1.76 bits per heavy atom. The molecule has 1 aliphatic heterocycles. The van der Waals surface area contributed by atoms with Crippen molar-refractivity contribution >= 4 is 29.5 Å². The van der Waals surface area contributed by atoms with Gasteiger partial charge in [-0.25, -0.2) is 9.48 Å². The number of aromatic nitrogens is 4. The van der Waals surface area contributed by atoms with Crippen LogP contribution in [0, 0.1) is 0 Å². The van der Waals surface area contributed by atoms with E-state index in [1.54, 1.807) is 24.3 Å². The fourth-order valence-corrected chi connectivity index (χ4v) is 5.30. The molecule has 0 saturated carbocycles. The maximum Gasteiger partial charge on any atom is 0.343 e. The lowest BCUT2D eigenvalue weighted by atomic mass is 10.2. The van der Waals surface area contributed by atoms with E-state index >= 15 is 0 Å². The Balaban J connectivity index is 1.42. The summed E-state index contributed by atoms with van der Waals surface area (Å²) in [6, 6.07) is 14.7. The van der Waals surface area contributed by atoms with E-state index in [2.05, 4.69) is 15.5 Å². The summed E-state index contributed by atoms with van der Waals surface area (Å²) in [5.41, 5.74) is 2.51. The van der Waals surface area contributed by atoms with Gasteiger partial charge in [0, 0.05) is 11.5 Å². The normalized spacial score (nSPS) is 14.6. The molecular formula is C17H14N4O2S2. The highest BCUT2D eigenvalue weighted by Crippen LogP contribution is 2.45. The largest absolute Gasteiger partial charge is 0.423 e. The Morgan fingerprint density at radius 3 is 2.40 bits per heavy atom. The molecule has 0 bridgehead atoms. The molecule has 126 valence electrons. The fraction of sp³-hybridized carbons (Fsp3) is 0.176. The Kier molecular flexibility index (Phi) is 4.71. The van der Waals surface area contributed by atoms with Gasteiger partial charge in [0.2, 0.25) is 0 Å². The first-order valence-electron chi connectivity index (χ1n) is 7.68. The highest BCUT2D eigenvalue weighted by atomic mass is 32.2. The van der Waals surface area contributed by atoms with Crippen molar-refractivity contribution in [3.63, 3.8) is 0 Å². The lowest BCUT2D eigenvalue weighted by Crippen LogP contribution is -2.08. The molecule has 0 atom stereocenters. The third kappa shape index (κ3) is 3.69. The van der Waals surface area contributed by atoms with Crippen LogP contribution in [0.1, 0.15) is 20.5 Å². The molecule has 8 heteroatoms. The maximum absolute atomic E-state index is 12.3. The molecule has 0 amide bonds. The Hall–Kier alpha value is -2.32. The molecule has 3 aromatic rings. The molecule has 0 N–H and O–H groups in total. The average Bonchev–Trinajstić information content (AvgIpc) is 3.36. The van der Waals surface area contributed by atoms with E-state index in [0.717, 1.165) is 5.69 Å². The van der Waals surface area contributed by atoms with Crippen LogP contribution in [0.15, 0.2) is 54.9 Å². The van der Waals surface area contributed by atoms with Crippen molar-refractivity contribution in [2.24, 2.45) is 0 Å². The third-order valence-corrected chi connectivity index (χ3v) is 6.81. The molecule has 0 spiro atoms. The molecule has 25 heavy (non-hydrogen) atoms. The smallest absolute Gasteiger partial charge is 0.343 e. The van der Waals surface area contributed by atoms with E-state index < -0.39 is 0 Å². The van der Waals surface area contributed by atoms with Gasteiger partial charge in [0.25, 0.3) is 0 Å². The fourth-order valence-electron chi connectivity index (χ4n) is 2.44. The van der Waals surface area contributed by atoms with Crippen molar-refractivity contribution in [2.45, 2.75) is 4.58 Å². The standard InChI is InChI=1S/C17H14N4O2S2/c22-16(12-1-5-14(6-2-12)21-11-18-19-20-21)23-15-7-3-13(4-8-15)17-24-9-10-25-17/h1-8,11,17H,9-10H2. The molecule has 0 aliphatic carbocycles. The number of benzene rings is 2. The molecule has 1 aliphatic rings. The van der Waals surface area contributed by atoms with E-state index in [1.807, 2.05) is 47.8 Å². The molecule has 1 aromatic heterocycles. The van der Waals surface area contributed by atoms with Gasteiger partial charge in [0.1, 0.15) is 12.1 Å². The second-order valence-corrected chi connectivity index (χ2v) is 8.06. The van der Waals surface area contributed by atoms with Crippen LogP contribution >= 0.6 is 23.5 Å². The highest BCUT2D eigenvalue weighted by Gasteiger charge is 2.18. The van der Waals surface area contributed by atoms with Crippen molar-refractivity contribution < 1.29 is 9.53 Å². The topological polar surface area (TPSA) is 69.9 Å². The zero-order chi connectivity index (χ0) is 17.1. The minimum absolute atomic E-state index is 0.388. The predicted octanol–water partition coefficient (Wildman–Crippen LogP) is 3.36. The number of thioether (sulfide) groups is 2. The quantitative estimate of drug-likeness (QED) is 0.515. The van der Waals surface area contributed by atoms with Crippen LogP contribution < -0.4 is 4.74 Å². The first kappa shape index (κ1) is 16.2. The third-order valence-electron chi connectivity index (χ3n) is 3.70. The monoisotopic (exact) mass is 370 g/mol. The summed E-state index contributed by atoms with van der Waals surface area (Å²) in [4.78, 5) is 12.3. The summed E-state index contributed by atoms with van der Waals surface area (Å²) in [7, 11) is 0. The second-order valence-electron chi connectivity index (χ2n) is 5.33. The number of ether oxygens (including phenoxy) is 1. The zero-order valence-electron chi connectivity index (χ0n) is 13.1.